The molecule has 0 unspecified atom stereocenters. The van der Waals surface area contributed by atoms with Crippen molar-refractivity contribution in [3.8, 4) is 0 Å². The lowest BCUT2D eigenvalue weighted by Crippen LogP contribution is -2.24. The zero-order valence-corrected chi connectivity index (χ0v) is 10.6. The maximum atomic E-state index is 11.9. The molecule has 5 N–H and O–H groups in total. The number of amides is 1. The summed E-state index contributed by atoms with van der Waals surface area (Å²) in [5.74, 6) is -0.312. The fourth-order valence-electron chi connectivity index (χ4n) is 1.64. The second-order valence-electron chi connectivity index (χ2n) is 4.27. The number of benzene rings is 1. The number of rotatable bonds is 4. The molecule has 1 heterocycles. The van der Waals surface area contributed by atoms with Crippen LogP contribution in [0.4, 0.5) is 5.69 Å². The van der Waals surface area contributed by atoms with Crippen molar-refractivity contribution < 1.29 is 9.90 Å². The molecule has 100 valence electrons. The smallest absolute Gasteiger partial charge is 0.274 e. The summed E-state index contributed by atoms with van der Waals surface area (Å²) in [5, 5.41) is 18.2. The Labute approximate surface area is 110 Å². The van der Waals surface area contributed by atoms with Gasteiger partial charge in [-0.15, -0.1) is 0 Å². The molecule has 0 aliphatic heterocycles. The van der Waals surface area contributed by atoms with Crippen molar-refractivity contribution in [1.82, 2.24) is 15.5 Å². The second kappa shape index (κ2) is 5.53. The van der Waals surface area contributed by atoms with E-state index in [2.05, 4.69) is 15.5 Å². The third kappa shape index (κ3) is 2.92. The average molecular weight is 260 g/mol. The molecule has 0 saturated heterocycles. The Kier molecular flexibility index (Phi) is 3.82. The van der Waals surface area contributed by atoms with Gasteiger partial charge >= 0.3 is 0 Å². The van der Waals surface area contributed by atoms with Gasteiger partial charge in [-0.1, -0.05) is 24.3 Å². The number of anilines is 1. The van der Waals surface area contributed by atoms with E-state index in [1.54, 1.807) is 6.92 Å². The molecule has 1 aromatic heterocycles. The Bertz CT molecular complexity index is 575. The Balaban J connectivity index is 1.98. The number of aliphatic hydroxyl groups excluding tert-OH is 1. The summed E-state index contributed by atoms with van der Waals surface area (Å²) >= 11 is 0. The summed E-state index contributed by atoms with van der Waals surface area (Å²) in [6, 6.07) is 7.33. The minimum atomic E-state index is -0.312. The highest BCUT2D eigenvalue weighted by atomic mass is 16.3. The van der Waals surface area contributed by atoms with Crippen LogP contribution in [-0.2, 0) is 13.2 Å². The third-order valence-corrected chi connectivity index (χ3v) is 2.87. The molecule has 6 nitrogen and oxygen atoms in total. The topological polar surface area (TPSA) is 104 Å². The minimum Gasteiger partial charge on any atom is -0.395 e. The van der Waals surface area contributed by atoms with Crippen LogP contribution in [0.1, 0.15) is 27.3 Å². The first-order chi connectivity index (χ1) is 9.11. The molecular formula is C13H16N4O2. The van der Waals surface area contributed by atoms with Crippen molar-refractivity contribution in [2.45, 2.75) is 20.1 Å². The van der Waals surface area contributed by atoms with Gasteiger partial charge in [-0.3, -0.25) is 9.89 Å². The molecule has 2 rings (SSSR count). The number of aromatic amines is 1. The molecule has 0 bridgehead atoms. The van der Waals surface area contributed by atoms with Crippen LogP contribution in [0, 0.1) is 6.92 Å². The van der Waals surface area contributed by atoms with Crippen LogP contribution in [0.15, 0.2) is 24.3 Å². The monoisotopic (exact) mass is 260 g/mol. The average Bonchev–Trinajstić information content (AvgIpc) is 2.77. The van der Waals surface area contributed by atoms with Gasteiger partial charge in [-0.25, -0.2) is 0 Å². The number of nitrogens with one attached hydrogen (secondary N) is 2. The maximum absolute atomic E-state index is 11.9. The van der Waals surface area contributed by atoms with E-state index in [0.29, 0.717) is 17.9 Å². The molecule has 2 aromatic rings. The van der Waals surface area contributed by atoms with Gasteiger partial charge < -0.3 is 16.2 Å². The second-order valence-corrected chi connectivity index (χ2v) is 4.27. The predicted octanol–water partition coefficient (Wildman–Crippen LogP) is 0.723. The number of aryl methyl sites for hydroxylation is 1. The number of nitrogen functional groups attached to an aromatic ring is 1. The van der Waals surface area contributed by atoms with Gasteiger partial charge in [0, 0.05) is 6.54 Å². The summed E-state index contributed by atoms with van der Waals surface area (Å²) in [4.78, 5) is 11.9. The van der Waals surface area contributed by atoms with Gasteiger partial charge in [0.05, 0.1) is 18.0 Å². The van der Waals surface area contributed by atoms with E-state index in [1.165, 1.54) is 0 Å². The van der Waals surface area contributed by atoms with Crippen molar-refractivity contribution in [2.24, 2.45) is 0 Å². The van der Waals surface area contributed by atoms with Gasteiger partial charge in [0.2, 0.25) is 0 Å². The lowest BCUT2D eigenvalue weighted by molar-refractivity contribution is 0.0947. The summed E-state index contributed by atoms with van der Waals surface area (Å²) in [6.45, 7) is 2.15. The molecule has 0 atom stereocenters. The van der Waals surface area contributed by atoms with Crippen LogP contribution in [0.25, 0.3) is 0 Å². The number of aromatic nitrogens is 2. The number of nitrogens with zero attached hydrogens (tertiary/aromatic N) is 1. The molecule has 0 radical (unpaired) electrons. The lowest BCUT2D eigenvalue weighted by Gasteiger charge is -2.05. The molecular weight excluding hydrogens is 244 g/mol. The fraction of sp³-hybridized carbons (Fsp3) is 0.231. The molecule has 0 aliphatic rings. The van der Waals surface area contributed by atoms with Crippen molar-refractivity contribution in [3.63, 3.8) is 0 Å². The Hall–Kier alpha value is -2.34. The summed E-state index contributed by atoms with van der Waals surface area (Å²) < 4.78 is 0. The van der Waals surface area contributed by atoms with E-state index in [4.69, 9.17) is 10.8 Å². The van der Waals surface area contributed by atoms with Crippen LogP contribution >= 0.6 is 0 Å². The molecule has 1 aromatic carbocycles. The largest absolute Gasteiger partial charge is 0.395 e. The quantitative estimate of drug-likeness (QED) is 0.650. The summed E-state index contributed by atoms with van der Waals surface area (Å²) in [7, 11) is 0. The first-order valence-electron chi connectivity index (χ1n) is 5.89. The van der Waals surface area contributed by atoms with Gasteiger partial charge in [0.25, 0.3) is 5.91 Å². The first-order valence-corrected chi connectivity index (χ1v) is 5.89. The predicted molar refractivity (Wildman–Crippen MR) is 71.3 cm³/mol. The van der Waals surface area contributed by atoms with E-state index in [1.807, 2.05) is 24.3 Å². The highest BCUT2D eigenvalue weighted by Crippen LogP contribution is 2.12. The lowest BCUT2D eigenvalue weighted by atomic mass is 10.1. The molecule has 0 spiro atoms. The van der Waals surface area contributed by atoms with Crippen LogP contribution in [-0.4, -0.2) is 21.2 Å². The van der Waals surface area contributed by atoms with Gasteiger partial charge in [-0.05, 0) is 18.1 Å². The molecule has 19 heavy (non-hydrogen) atoms. The number of carbonyl (C=O) groups excluding carboxylic acids is 1. The standard InChI is InChI=1S/C13H16N4O2/c1-8-11(14)12(17-16-8)13(19)15-6-9-2-4-10(7-18)5-3-9/h2-5,18H,6-7,14H2,1H3,(H,15,19)(H,16,17). The number of nitrogens with two attached hydrogens (primary N) is 1. The highest BCUT2D eigenvalue weighted by Gasteiger charge is 2.14. The van der Waals surface area contributed by atoms with Crippen LogP contribution in [0.3, 0.4) is 0 Å². The van der Waals surface area contributed by atoms with Gasteiger partial charge in [0.15, 0.2) is 5.69 Å². The van der Waals surface area contributed by atoms with Crippen LogP contribution in [0.5, 0.6) is 0 Å². The van der Waals surface area contributed by atoms with Crippen LogP contribution < -0.4 is 11.1 Å². The zero-order chi connectivity index (χ0) is 13.8. The first kappa shape index (κ1) is 13.1. The molecule has 1 amide bonds. The minimum absolute atomic E-state index is 0.00964. The Morgan fingerprint density at radius 1 is 1.37 bits per heavy atom. The molecule has 6 heteroatoms. The van der Waals surface area contributed by atoms with Gasteiger partial charge in [0.1, 0.15) is 0 Å². The van der Waals surface area contributed by atoms with Crippen LogP contribution in [0.2, 0.25) is 0 Å². The normalized spacial score (nSPS) is 10.4. The zero-order valence-electron chi connectivity index (χ0n) is 10.6. The Morgan fingerprint density at radius 2 is 2.00 bits per heavy atom. The molecule has 0 aliphatic carbocycles. The number of hydrogen-bond donors (Lipinski definition) is 4. The summed E-state index contributed by atoms with van der Waals surface area (Å²) in [5.41, 5.74) is 8.76. The van der Waals surface area contributed by atoms with Crippen molar-refractivity contribution >= 4 is 11.6 Å². The van der Waals surface area contributed by atoms with E-state index in [9.17, 15) is 4.79 Å². The number of H-pyrrole nitrogens is 1. The SMILES string of the molecule is Cc1[nH]nc(C(=O)NCc2ccc(CO)cc2)c1N. The van der Waals surface area contributed by atoms with Gasteiger partial charge in [-0.2, -0.15) is 5.10 Å². The number of carbonyl (C=O) groups is 1. The fourth-order valence-corrected chi connectivity index (χ4v) is 1.64. The van der Waals surface area contributed by atoms with Crippen molar-refractivity contribution in [1.29, 1.82) is 0 Å². The molecule has 0 fully saturated rings. The van der Waals surface area contributed by atoms with E-state index >= 15 is 0 Å². The van der Waals surface area contributed by atoms with Crippen molar-refractivity contribution in [2.75, 3.05) is 5.73 Å². The maximum Gasteiger partial charge on any atom is 0.274 e. The van der Waals surface area contributed by atoms with E-state index in [0.717, 1.165) is 11.1 Å². The Morgan fingerprint density at radius 3 is 2.53 bits per heavy atom. The number of aliphatic hydroxyl groups is 1. The highest BCUT2D eigenvalue weighted by molar-refractivity contribution is 5.97. The molecule has 0 saturated carbocycles. The summed E-state index contributed by atoms with van der Waals surface area (Å²) in [6.07, 6.45) is 0. The van der Waals surface area contributed by atoms with Crippen molar-refractivity contribution in [3.05, 3.63) is 46.8 Å². The number of hydrogen-bond acceptors (Lipinski definition) is 4. The third-order valence-electron chi connectivity index (χ3n) is 2.87. The van der Waals surface area contributed by atoms with E-state index in [-0.39, 0.29) is 18.2 Å². The van der Waals surface area contributed by atoms with E-state index < -0.39 is 0 Å².